The average Bonchev–Trinajstić information content (AvgIpc) is 2.57. The Kier molecular flexibility index (Phi) is 3.61. The molecule has 3 nitrogen and oxygen atoms in total. The number of nitrogens with one attached hydrogen (secondary N) is 1. The SMILES string of the molecule is Cc1c(Cl)cccc1-c1cn[nH]c1N.Cl. The van der Waals surface area contributed by atoms with Gasteiger partial charge in [-0.25, -0.2) is 0 Å². The Labute approximate surface area is 99.0 Å². The number of aromatic nitrogens is 2. The molecule has 0 atom stereocenters. The fraction of sp³-hybridized carbons (Fsp3) is 0.100. The van der Waals surface area contributed by atoms with Gasteiger partial charge in [0, 0.05) is 10.6 Å². The molecule has 80 valence electrons. The van der Waals surface area contributed by atoms with Gasteiger partial charge in [0.2, 0.25) is 0 Å². The van der Waals surface area contributed by atoms with Gasteiger partial charge in [0.05, 0.1) is 6.20 Å². The lowest BCUT2D eigenvalue weighted by atomic mass is 10.0. The first-order chi connectivity index (χ1) is 6.70. The average molecular weight is 244 g/mol. The van der Waals surface area contributed by atoms with E-state index in [1.165, 1.54) is 0 Å². The van der Waals surface area contributed by atoms with Crippen molar-refractivity contribution in [3.63, 3.8) is 0 Å². The molecule has 3 N–H and O–H groups in total. The second-order valence-electron chi connectivity index (χ2n) is 3.11. The third kappa shape index (κ3) is 2.08. The Morgan fingerprint density at radius 3 is 2.67 bits per heavy atom. The molecule has 0 unspecified atom stereocenters. The van der Waals surface area contributed by atoms with Crippen molar-refractivity contribution in [2.45, 2.75) is 6.92 Å². The summed E-state index contributed by atoms with van der Waals surface area (Å²) < 4.78 is 0. The normalized spacial score (nSPS) is 9.73. The van der Waals surface area contributed by atoms with E-state index >= 15 is 0 Å². The first-order valence-corrected chi connectivity index (χ1v) is 4.62. The largest absolute Gasteiger partial charge is 0.384 e. The second kappa shape index (κ2) is 4.55. The molecule has 0 saturated heterocycles. The molecule has 1 aromatic carbocycles. The zero-order valence-corrected chi connectivity index (χ0v) is 9.69. The molecule has 2 aromatic rings. The van der Waals surface area contributed by atoms with E-state index in [0.29, 0.717) is 5.82 Å². The van der Waals surface area contributed by atoms with E-state index in [9.17, 15) is 0 Å². The smallest absolute Gasteiger partial charge is 0.126 e. The van der Waals surface area contributed by atoms with Crippen molar-refractivity contribution < 1.29 is 0 Å². The van der Waals surface area contributed by atoms with Crippen LogP contribution in [0.1, 0.15) is 5.56 Å². The van der Waals surface area contributed by atoms with Crippen LogP contribution in [0.5, 0.6) is 0 Å². The molecular weight excluding hydrogens is 233 g/mol. The summed E-state index contributed by atoms with van der Waals surface area (Å²) in [5.74, 6) is 0.565. The number of nitrogens with zero attached hydrogens (tertiary/aromatic N) is 1. The molecule has 0 bridgehead atoms. The zero-order chi connectivity index (χ0) is 10.1. The van der Waals surface area contributed by atoms with E-state index in [0.717, 1.165) is 21.7 Å². The van der Waals surface area contributed by atoms with Crippen LogP contribution < -0.4 is 5.73 Å². The number of H-pyrrole nitrogens is 1. The van der Waals surface area contributed by atoms with Gasteiger partial charge in [0.1, 0.15) is 5.82 Å². The maximum absolute atomic E-state index is 6.01. The van der Waals surface area contributed by atoms with Crippen LogP contribution in [0.2, 0.25) is 5.02 Å². The standard InChI is InChI=1S/C10H10ClN3.ClH/c1-6-7(3-2-4-9(6)11)8-5-13-14-10(8)12;/h2-5H,1H3,(H3,12,13,14);1H. The van der Waals surface area contributed by atoms with Crippen LogP contribution in [-0.4, -0.2) is 10.2 Å². The summed E-state index contributed by atoms with van der Waals surface area (Å²) in [6, 6.07) is 5.73. The van der Waals surface area contributed by atoms with Gasteiger partial charge in [-0.3, -0.25) is 5.10 Å². The predicted octanol–water partition coefficient (Wildman–Crippen LogP) is 3.04. The minimum absolute atomic E-state index is 0. The number of rotatable bonds is 1. The maximum Gasteiger partial charge on any atom is 0.126 e. The fourth-order valence-corrected chi connectivity index (χ4v) is 1.58. The van der Waals surface area contributed by atoms with E-state index in [2.05, 4.69) is 10.2 Å². The third-order valence-corrected chi connectivity index (χ3v) is 2.64. The van der Waals surface area contributed by atoms with Crippen LogP contribution in [0.25, 0.3) is 11.1 Å². The number of nitrogen functional groups attached to an aromatic ring is 1. The topological polar surface area (TPSA) is 54.7 Å². The number of hydrogen-bond acceptors (Lipinski definition) is 2. The highest BCUT2D eigenvalue weighted by Crippen LogP contribution is 2.30. The Balaban J connectivity index is 0.00000112. The highest BCUT2D eigenvalue weighted by Gasteiger charge is 2.08. The van der Waals surface area contributed by atoms with Crippen molar-refractivity contribution >= 4 is 29.8 Å². The Bertz CT molecular complexity index is 465. The molecule has 2 rings (SSSR count). The van der Waals surface area contributed by atoms with Crippen LogP contribution in [0.3, 0.4) is 0 Å². The van der Waals surface area contributed by atoms with Crippen LogP contribution in [-0.2, 0) is 0 Å². The minimum Gasteiger partial charge on any atom is -0.384 e. The number of halogens is 2. The van der Waals surface area contributed by atoms with Crippen LogP contribution in [0.15, 0.2) is 24.4 Å². The van der Waals surface area contributed by atoms with Gasteiger partial charge in [0.15, 0.2) is 0 Å². The number of benzene rings is 1. The highest BCUT2D eigenvalue weighted by molar-refractivity contribution is 6.31. The number of anilines is 1. The first-order valence-electron chi connectivity index (χ1n) is 4.24. The van der Waals surface area contributed by atoms with Gasteiger partial charge in [-0.1, -0.05) is 23.7 Å². The number of hydrogen-bond donors (Lipinski definition) is 2. The number of nitrogens with two attached hydrogens (primary N) is 1. The summed E-state index contributed by atoms with van der Waals surface area (Å²) in [6.07, 6.45) is 1.70. The summed E-state index contributed by atoms with van der Waals surface area (Å²) in [7, 11) is 0. The lowest BCUT2D eigenvalue weighted by Crippen LogP contribution is -1.89. The van der Waals surface area contributed by atoms with Gasteiger partial charge in [0.25, 0.3) is 0 Å². The molecule has 15 heavy (non-hydrogen) atoms. The fourth-order valence-electron chi connectivity index (χ4n) is 1.41. The van der Waals surface area contributed by atoms with Crippen LogP contribution in [0.4, 0.5) is 5.82 Å². The summed E-state index contributed by atoms with van der Waals surface area (Å²) in [5, 5.41) is 7.31. The number of aromatic amines is 1. The molecule has 0 fully saturated rings. The van der Waals surface area contributed by atoms with Crippen molar-refractivity contribution in [3.8, 4) is 11.1 Å². The quantitative estimate of drug-likeness (QED) is 0.809. The maximum atomic E-state index is 6.01. The molecule has 0 aliphatic heterocycles. The van der Waals surface area contributed by atoms with E-state index in [1.54, 1.807) is 6.20 Å². The van der Waals surface area contributed by atoms with E-state index in [4.69, 9.17) is 17.3 Å². The Hall–Kier alpha value is -1.19. The van der Waals surface area contributed by atoms with Crippen molar-refractivity contribution in [1.82, 2.24) is 10.2 Å². The molecule has 1 heterocycles. The molecule has 0 spiro atoms. The van der Waals surface area contributed by atoms with Gasteiger partial charge >= 0.3 is 0 Å². The summed E-state index contributed by atoms with van der Waals surface area (Å²) in [5.41, 5.74) is 8.66. The Morgan fingerprint density at radius 1 is 1.33 bits per heavy atom. The summed E-state index contributed by atoms with van der Waals surface area (Å²) >= 11 is 6.01. The van der Waals surface area contributed by atoms with Crippen molar-refractivity contribution in [2.75, 3.05) is 5.73 Å². The molecule has 0 aliphatic rings. The second-order valence-corrected chi connectivity index (χ2v) is 3.52. The Morgan fingerprint density at radius 2 is 2.07 bits per heavy atom. The van der Waals surface area contributed by atoms with Crippen molar-refractivity contribution in [3.05, 3.63) is 35.0 Å². The summed E-state index contributed by atoms with van der Waals surface area (Å²) in [4.78, 5) is 0. The van der Waals surface area contributed by atoms with Gasteiger partial charge in [-0.15, -0.1) is 12.4 Å². The highest BCUT2D eigenvalue weighted by atomic mass is 35.5. The van der Waals surface area contributed by atoms with Gasteiger partial charge in [-0.2, -0.15) is 5.10 Å². The summed E-state index contributed by atoms with van der Waals surface area (Å²) in [6.45, 7) is 1.96. The monoisotopic (exact) mass is 243 g/mol. The molecule has 0 aliphatic carbocycles. The molecule has 0 radical (unpaired) electrons. The lowest BCUT2D eigenvalue weighted by molar-refractivity contribution is 1.10. The third-order valence-electron chi connectivity index (χ3n) is 2.23. The van der Waals surface area contributed by atoms with Crippen LogP contribution >= 0.6 is 24.0 Å². The van der Waals surface area contributed by atoms with E-state index in [-0.39, 0.29) is 12.4 Å². The van der Waals surface area contributed by atoms with Gasteiger partial charge < -0.3 is 5.73 Å². The van der Waals surface area contributed by atoms with Crippen LogP contribution in [0, 0.1) is 6.92 Å². The van der Waals surface area contributed by atoms with Gasteiger partial charge in [-0.05, 0) is 24.1 Å². The predicted molar refractivity (Wildman–Crippen MR) is 65.4 cm³/mol. The molecule has 0 amide bonds. The van der Waals surface area contributed by atoms with E-state index in [1.807, 2.05) is 25.1 Å². The molecule has 5 heteroatoms. The van der Waals surface area contributed by atoms with E-state index < -0.39 is 0 Å². The molecule has 0 saturated carbocycles. The molecular formula is C10H11Cl2N3. The lowest BCUT2D eigenvalue weighted by Gasteiger charge is -2.05. The first kappa shape index (κ1) is 11.9. The zero-order valence-electron chi connectivity index (χ0n) is 8.12. The molecule has 1 aromatic heterocycles. The van der Waals surface area contributed by atoms with Crippen molar-refractivity contribution in [2.24, 2.45) is 0 Å². The minimum atomic E-state index is 0. The van der Waals surface area contributed by atoms with Crippen molar-refractivity contribution in [1.29, 1.82) is 0 Å².